The average molecular weight is 341 g/mol. The molecule has 25 heavy (non-hydrogen) atoms. The maximum Gasteiger partial charge on any atom is 0.333 e. The van der Waals surface area contributed by atoms with E-state index >= 15 is 0 Å². The van der Waals surface area contributed by atoms with Gasteiger partial charge in [-0.15, -0.1) is 0 Å². The van der Waals surface area contributed by atoms with Crippen molar-refractivity contribution in [2.24, 2.45) is 5.92 Å². The molecule has 0 spiro atoms. The second kappa shape index (κ2) is 9.71. The van der Waals surface area contributed by atoms with Crippen molar-refractivity contribution < 1.29 is 19.4 Å². The van der Waals surface area contributed by atoms with Crippen LogP contribution in [0.1, 0.15) is 22.8 Å². The second-order valence-corrected chi connectivity index (χ2v) is 5.95. The van der Waals surface area contributed by atoms with Gasteiger partial charge in [0.05, 0.1) is 13.2 Å². The van der Waals surface area contributed by atoms with E-state index in [0.717, 1.165) is 5.56 Å². The van der Waals surface area contributed by atoms with E-state index in [1.54, 1.807) is 19.1 Å². The zero-order valence-electron chi connectivity index (χ0n) is 14.2. The molecule has 0 unspecified atom stereocenters. The van der Waals surface area contributed by atoms with Gasteiger partial charge >= 0.3 is 5.97 Å². The van der Waals surface area contributed by atoms with Crippen LogP contribution in [-0.2, 0) is 16.1 Å². The van der Waals surface area contributed by atoms with Crippen molar-refractivity contribution in [1.82, 2.24) is 5.32 Å². The van der Waals surface area contributed by atoms with Gasteiger partial charge in [-0.2, -0.15) is 0 Å². The molecule has 0 heterocycles. The summed E-state index contributed by atoms with van der Waals surface area (Å²) in [4.78, 5) is 23.5. The number of aliphatic carboxylic acids is 1. The number of carboxylic acids is 1. The molecule has 2 rings (SSSR count). The highest BCUT2D eigenvalue weighted by Crippen LogP contribution is 2.11. The highest BCUT2D eigenvalue weighted by Gasteiger charge is 2.25. The minimum atomic E-state index is -1.00. The first kappa shape index (κ1) is 18.8. The standard InChI is InChI=1S/C20H23NO4/c1-15(12-21-13-18(22)17-10-6-3-7-11-17)19(20(23)24)25-14-16-8-4-2-5-9-16/h2-11,15,19,21H,12-14H2,1H3,(H,23,24)/t15-,19+/m1/s1. The van der Waals surface area contributed by atoms with Crippen molar-refractivity contribution in [1.29, 1.82) is 0 Å². The van der Waals surface area contributed by atoms with E-state index in [0.29, 0.717) is 12.1 Å². The van der Waals surface area contributed by atoms with Gasteiger partial charge in [0.25, 0.3) is 0 Å². The molecule has 0 saturated heterocycles. The second-order valence-electron chi connectivity index (χ2n) is 5.95. The van der Waals surface area contributed by atoms with Crippen LogP contribution in [0.2, 0.25) is 0 Å². The molecular formula is C20H23NO4. The Morgan fingerprint density at radius 3 is 2.24 bits per heavy atom. The fourth-order valence-corrected chi connectivity index (χ4v) is 2.49. The third kappa shape index (κ3) is 6.14. The predicted octanol–water partition coefficient (Wildman–Crippen LogP) is 2.77. The lowest BCUT2D eigenvalue weighted by Crippen LogP contribution is -2.38. The van der Waals surface area contributed by atoms with E-state index in [2.05, 4.69) is 5.32 Å². The number of ketones is 1. The van der Waals surface area contributed by atoms with Gasteiger partial charge in [-0.3, -0.25) is 4.79 Å². The lowest BCUT2D eigenvalue weighted by molar-refractivity contribution is -0.154. The molecule has 2 N–H and O–H groups in total. The van der Waals surface area contributed by atoms with Gasteiger partial charge in [-0.05, 0) is 5.56 Å². The summed E-state index contributed by atoms with van der Waals surface area (Å²) in [6, 6.07) is 18.4. The largest absolute Gasteiger partial charge is 0.479 e. The van der Waals surface area contributed by atoms with E-state index < -0.39 is 12.1 Å². The first-order valence-corrected chi connectivity index (χ1v) is 8.25. The Hall–Kier alpha value is -2.50. The van der Waals surface area contributed by atoms with Crippen LogP contribution in [0.3, 0.4) is 0 Å². The minimum Gasteiger partial charge on any atom is -0.479 e. The van der Waals surface area contributed by atoms with Crippen LogP contribution in [0.5, 0.6) is 0 Å². The summed E-state index contributed by atoms with van der Waals surface area (Å²) < 4.78 is 5.57. The Bertz CT molecular complexity index is 673. The maximum atomic E-state index is 12.0. The Balaban J connectivity index is 1.80. The fraction of sp³-hybridized carbons (Fsp3) is 0.300. The van der Waals surface area contributed by atoms with Crippen LogP contribution in [0, 0.1) is 5.92 Å². The molecule has 0 aromatic heterocycles. The number of Topliss-reactive ketones (excluding diaryl/α,β-unsaturated/α-hetero) is 1. The molecule has 0 aliphatic rings. The fourth-order valence-electron chi connectivity index (χ4n) is 2.49. The quantitative estimate of drug-likeness (QED) is 0.650. The molecule has 132 valence electrons. The third-order valence-corrected chi connectivity index (χ3v) is 3.88. The van der Waals surface area contributed by atoms with Crippen molar-refractivity contribution in [3.63, 3.8) is 0 Å². The van der Waals surface area contributed by atoms with Crippen molar-refractivity contribution in [2.45, 2.75) is 19.6 Å². The highest BCUT2D eigenvalue weighted by molar-refractivity contribution is 5.97. The number of rotatable bonds is 10. The summed E-state index contributed by atoms with van der Waals surface area (Å²) in [5.41, 5.74) is 1.56. The van der Waals surface area contributed by atoms with Gasteiger partial charge in [0, 0.05) is 18.0 Å². The molecule has 0 aliphatic heterocycles. The monoisotopic (exact) mass is 341 g/mol. The summed E-state index contributed by atoms with van der Waals surface area (Å²) in [6.45, 7) is 2.58. The number of benzene rings is 2. The van der Waals surface area contributed by atoms with Crippen LogP contribution in [0.15, 0.2) is 60.7 Å². The predicted molar refractivity (Wildman–Crippen MR) is 95.5 cm³/mol. The molecule has 0 saturated carbocycles. The molecule has 0 amide bonds. The summed E-state index contributed by atoms with van der Waals surface area (Å²) in [5, 5.41) is 12.4. The smallest absolute Gasteiger partial charge is 0.333 e. The number of nitrogens with one attached hydrogen (secondary N) is 1. The van der Waals surface area contributed by atoms with Crippen LogP contribution >= 0.6 is 0 Å². The molecule has 0 bridgehead atoms. The molecule has 5 heteroatoms. The molecule has 2 aromatic carbocycles. The van der Waals surface area contributed by atoms with E-state index in [-0.39, 0.29) is 24.9 Å². The van der Waals surface area contributed by atoms with Crippen LogP contribution in [-0.4, -0.2) is 36.1 Å². The zero-order valence-corrected chi connectivity index (χ0v) is 14.2. The molecule has 0 radical (unpaired) electrons. The molecular weight excluding hydrogens is 318 g/mol. The lowest BCUT2D eigenvalue weighted by atomic mass is 10.0. The zero-order chi connectivity index (χ0) is 18.1. The van der Waals surface area contributed by atoms with Crippen molar-refractivity contribution in [3.05, 3.63) is 71.8 Å². The average Bonchev–Trinajstić information content (AvgIpc) is 2.63. The van der Waals surface area contributed by atoms with Gasteiger partial charge in [-0.25, -0.2) is 4.79 Å². The molecule has 0 fully saturated rings. The number of carbonyl (C=O) groups is 2. The minimum absolute atomic E-state index is 0.0233. The lowest BCUT2D eigenvalue weighted by Gasteiger charge is -2.21. The van der Waals surface area contributed by atoms with Crippen LogP contribution in [0.25, 0.3) is 0 Å². The normalized spacial score (nSPS) is 13.2. The molecule has 2 aromatic rings. The number of ether oxygens (including phenoxy) is 1. The van der Waals surface area contributed by atoms with Gasteiger partial charge < -0.3 is 15.2 Å². The number of hydrogen-bond acceptors (Lipinski definition) is 4. The Morgan fingerprint density at radius 1 is 1.04 bits per heavy atom. The Morgan fingerprint density at radius 2 is 1.64 bits per heavy atom. The summed E-state index contributed by atoms with van der Waals surface area (Å²) in [7, 11) is 0. The van der Waals surface area contributed by atoms with Gasteiger partial charge in [0.1, 0.15) is 0 Å². The highest BCUT2D eigenvalue weighted by atomic mass is 16.5. The van der Waals surface area contributed by atoms with E-state index in [9.17, 15) is 14.7 Å². The Labute approximate surface area is 147 Å². The van der Waals surface area contributed by atoms with Gasteiger partial charge in [0.15, 0.2) is 11.9 Å². The van der Waals surface area contributed by atoms with Crippen LogP contribution in [0.4, 0.5) is 0 Å². The van der Waals surface area contributed by atoms with Gasteiger partial charge in [-0.1, -0.05) is 67.6 Å². The molecule has 2 atom stereocenters. The number of hydrogen-bond donors (Lipinski definition) is 2. The first-order valence-electron chi connectivity index (χ1n) is 8.25. The van der Waals surface area contributed by atoms with Crippen LogP contribution < -0.4 is 5.32 Å². The van der Waals surface area contributed by atoms with Crippen molar-refractivity contribution in [2.75, 3.05) is 13.1 Å². The van der Waals surface area contributed by atoms with Crippen molar-refractivity contribution in [3.8, 4) is 0 Å². The number of carboxylic acid groups (broad SMARTS) is 1. The molecule has 0 aliphatic carbocycles. The topological polar surface area (TPSA) is 75.6 Å². The summed E-state index contributed by atoms with van der Waals surface area (Å²) in [5.74, 6) is -1.30. The first-order chi connectivity index (χ1) is 12.1. The van der Waals surface area contributed by atoms with Gasteiger partial charge in [0.2, 0.25) is 0 Å². The van der Waals surface area contributed by atoms with Crippen molar-refractivity contribution >= 4 is 11.8 Å². The maximum absolute atomic E-state index is 12.0. The SMILES string of the molecule is C[C@H](CNCC(=O)c1ccccc1)[C@H](OCc1ccccc1)C(=O)O. The summed E-state index contributed by atoms with van der Waals surface area (Å²) in [6.07, 6.45) is -0.931. The van der Waals surface area contributed by atoms with E-state index in [4.69, 9.17) is 4.74 Å². The molecule has 5 nitrogen and oxygen atoms in total. The third-order valence-electron chi connectivity index (χ3n) is 3.88. The summed E-state index contributed by atoms with van der Waals surface area (Å²) >= 11 is 0. The number of carbonyl (C=O) groups excluding carboxylic acids is 1. The Kier molecular flexibility index (Phi) is 7.32. The van der Waals surface area contributed by atoms with E-state index in [1.807, 2.05) is 48.5 Å². The van der Waals surface area contributed by atoms with E-state index in [1.165, 1.54) is 0 Å².